The van der Waals surface area contributed by atoms with Gasteiger partial charge in [-0.05, 0) is 30.2 Å². The smallest absolute Gasteiger partial charge is 0.141 e. The van der Waals surface area contributed by atoms with Crippen LogP contribution in [-0.2, 0) is 0 Å². The number of H-pyrrole nitrogens is 1. The average molecular weight is 302 g/mol. The SMILES string of the molecule is N=C(N)c1ccc2cc(C#Cc3ccc(C(=N)N)nc3)[nH]c2c1. The molecule has 0 atom stereocenters. The zero-order valence-corrected chi connectivity index (χ0v) is 12.1. The third-order valence-corrected chi connectivity index (χ3v) is 3.31. The molecular weight excluding hydrogens is 288 g/mol. The Kier molecular flexibility index (Phi) is 3.53. The molecule has 2 heterocycles. The molecule has 7 N–H and O–H groups in total. The van der Waals surface area contributed by atoms with Gasteiger partial charge in [0.2, 0.25) is 0 Å². The number of nitrogens with two attached hydrogens (primary N) is 2. The summed E-state index contributed by atoms with van der Waals surface area (Å²) >= 11 is 0. The second kappa shape index (κ2) is 5.66. The van der Waals surface area contributed by atoms with Crippen LogP contribution in [0, 0.1) is 22.7 Å². The van der Waals surface area contributed by atoms with Crippen LogP contribution >= 0.6 is 0 Å². The molecule has 0 aliphatic rings. The van der Waals surface area contributed by atoms with E-state index in [0.29, 0.717) is 11.3 Å². The normalized spacial score (nSPS) is 10.1. The van der Waals surface area contributed by atoms with Crippen LogP contribution < -0.4 is 11.5 Å². The lowest BCUT2D eigenvalue weighted by Crippen LogP contribution is -2.12. The Morgan fingerprint density at radius 1 is 1.00 bits per heavy atom. The monoisotopic (exact) mass is 302 g/mol. The predicted molar refractivity (Wildman–Crippen MR) is 90.5 cm³/mol. The van der Waals surface area contributed by atoms with Crippen LogP contribution in [0.3, 0.4) is 0 Å². The number of nitrogen functional groups attached to an aromatic ring is 2. The van der Waals surface area contributed by atoms with Gasteiger partial charge in [-0.1, -0.05) is 18.1 Å². The molecule has 0 amide bonds. The van der Waals surface area contributed by atoms with Crippen molar-refractivity contribution in [1.82, 2.24) is 9.97 Å². The van der Waals surface area contributed by atoms with Gasteiger partial charge in [-0.25, -0.2) is 0 Å². The number of nitrogens with zero attached hydrogens (tertiary/aromatic N) is 1. The summed E-state index contributed by atoms with van der Waals surface area (Å²) in [6.07, 6.45) is 1.58. The van der Waals surface area contributed by atoms with Crippen LogP contribution in [0.25, 0.3) is 10.9 Å². The summed E-state index contributed by atoms with van der Waals surface area (Å²) in [6, 6.07) is 10.9. The molecule has 3 aromatic rings. The quantitative estimate of drug-likeness (QED) is 0.280. The summed E-state index contributed by atoms with van der Waals surface area (Å²) in [6.45, 7) is 0. The Bertz CT molecular complexity index is 970. The number of fused-ring (bicyclic) bond motifs is 1. The molecule has 0 aliphatic heterocycles. The maximum atomic E-state index is 7.46. The fourth-order valence-electron chi connectivity index (χ4n) is 2.13. The van der Waals surface area contributed by atoms with E-state index in [-0.39, 0.29) is 11.7 Å². The first-order valence-corrected chi connectivity index (χ1v) is 6.82. The van der Waals surface area contributed by atoms with Crippen LogP contribution in [0.4, 0.5) is 0 Å². The van der Waals surface area contributed by atoms with Gasteiger partial charge < -0.3 is 16.5 Å². The van der Waals surface area contributed by atoms with E-state index < -0.39 is 0 Å². The Labute approximate surface area is 132 Å². The van der Waals surface area contributed by atoms with Gasteiger partial charge >= 0.3 is 0 Å². The molecule has 0 bridgehead atoms. The minimum atomic E-state index is -0.0681. The van der Waals surface area contributed by atoms with E-state index in [2.05, 4.69) is 21.8 Å². The molecule has 0 aliphatic carbocycles. The van der Waals surface area contributed by atoms with Gasteiger partial charge in [0.15, 0.2) is 0 Å². The molecule has 0 spiro atoms. The summed E-state index contributed by atoms with van der Waals surface area (Å²) in [4.78, 5) is 7.25. The zero-order valence-electron chi connectivity index (χ0n) is 12.1. The molecule has 3 rings (SSSR count). The van der Waals surface area contributed by atoms with Crippen molar-refractivity contribution in [2.45, 2.75) is 0 Å². The van der Waals surface area contributed by atoms with E-state index in [1.165, 1.54) is 0 Å². The van der Waals surface area contributed by atoms with Gasteiger partial charge in [0.05, 0.1) is 5.69 Å². The first kappa shape index (κ1) is 14.4. The van der Waals surface area contributed by atoms with Gasteiger partial charge in [0, 0.05) is 28.2 Å². The molecule has 0 saturated heterocycles. The highest BCUT2D eigenvalue weighted by molar-refractivity contribution is 5.98. The van der Waals surface area contributed by atoms with Crippen LogP contribution in [-0.4, -0.2) is 21.6 Å². The van der Waals surface area contributed by atoms with Gasteiger partial charge in [-0.3, -0.25) is 15.8 Å². The number of benzene rings is 1. The molecule has 23 heavy (non-hydrogen) atoms. The second-order valence-electron chi connectivity index (χ2n) is 4.99. The van der Waals surface area contributed by atoms with Gasteiger partial charge in [0.25, 0.3) is 0 Å². The molecule has 2 aromatic heterocycles. The summed E-state index contributed by atoms with van der Waals surface area (Å²) in [5.74, 6) is 6.00. The van der Waals surface area contributed by atoms with Crippen molar-refractivity contribution in [1.29, 1.82) is 10.8 Å². The minimum absolute atomic E-state index is 0.0331. The molecule has 6 heteroatoms. The lowest BCUT2D eigenvalue weighted by atomic mass is 10.1. The van der Waals surface area contributed by atoms with Crippen molar-refractivity contribution in [2.75, 3.05) is 0 Å². The first-order valence-electron chi connectivity index (χ1n) is 6.82. The predicted octanol–water partition coefficient (Wildman–Crippen LogP) is 1.53. The number of hydrogen-bond donors (Lipinski definition) is 5. The summed E-state index contributed by atoms with van der Waals surface area (Å²) in [7, 11) is 0. The molecular formula is C17H14N6. The van der Waals surface area contributed by atoms with Crippen LogP contribution in [0.2, 0.25) is 0 Å². The van der Waals surface area contributed by atoms with Gasteiger partial charge in [-0.2, -0.15) is 0 Å². The minimum Gasteiger partial charge on any atom is -0.384 e. The molecule has 6 nitrogen and oxygen atoms in total. The zero-order chi connectivity index (χ0) is 16.4. The van der Waals surface area contributed by atoms with Crippen molar-refractivity contribution < 1.29 is 0 Å². The highest BCUT2D eigenvalue weighted by atomic mass is 14.8. The maximum absolute atomic E-state index is 7.46. The van der Waals surface area contributed by atoms with Crippen molar-refractivity contribution >= 4 is 22.6 Å². The highest BCUT2D eigenvalue weighted by Gasteiger charge is 2.02. The van der Waals surface area contributed by atoms with Crippen LogP contribution in [0.15, 0.2) is 42.6 Å². The van der Waals surface area contributed by atoms with Crippen molar-refractivity contribution in [3.63, 3.8) is 0 Å². The Hall–Kier alpha value is -3.59. The van der Waals surface area contributed by atoms with Crippen molar-refractivity contribution in [2.24, 2.45) is 11.5 Å². The fourth-order valence-corrected chi connectivity index (χ4v) is 2.13. The van der Waals surface area contributed by atoms with Crippen molar-refractivity contribution in [3.05, 3.63) is 65.1 Å². The van der Waals surface area contributed by atoms with Crippen LogP contribution in [0.1, 0.15) is 22.5 Å². The molecule has 0 saturated carbocycles. The van der Waals surface area contributed by atoms with E-state index in [9.17, 15) is 0 Å². The Balaban J connectivity index is 1.90. The molecule has 0 unspecified atom stereocenters. The average Bonchev–Trinajstić information content (AvgIpc) is 2.95. The molecule has 1 aromatic carbocycles. The second-order valence-corrected chi connectivity index (χ2v) is 4.99. The standard InChI is InChI=1S/C17H14N6/c18-16(19)12-4-3-11-7-13(23-15(11)8-12)5-1-10-2-6-14(17(20)21)22-9-10/h2-4,6-9,23H,(H3,18,19)(H3,20,21). The number of rotatable bonds is 2. The number of nitrogens with one attached hydrogen (secondary N) is 3. The number of amidine groups is 2. The Morgan fingerprint density at radius 2 is 1.83 bits per heavy atom. The van der Waals surface area contributed by atoms with Crippen molar-refractivity contribution in [3.8, 4) is 11.8 Å². The summed E-state index contributed by atoms with van der Waals surface area (Å²) < 4.78 is 0. The van der Waals surface area contributed by atoms with Crippen LogP contribution in [0.5, 0.6) is 0 Å². The third kappa shape index (κ3) is 3.04. The number of hydrogen-bond acceptors (Lipinski definition) is 3. The number of pyridine rings is 1. The largest absolute Gasteiger partial charge is 0.384 e. The lowest BCUT2D eigenvalue weighted by Gasteiger charge is -1.96. The Morgan fingerprint density at radius 3 is 2.48 bits per heavy atom. The lowest BCUT2D eigenvalue weighted by molar-refractivity contribution is 1.25. The highest BCUT2D eigenvalue weighted by Crippen LogP contribution is 2.16. The van der Waals surface area contributed by atoms with E-state index >= 15 is 0 Å². The van der Waals surface area contributed by atoms with E-state index in [1.807, 2.05) is 18.2 Å². The molecule has 0 fully saturated rings. The van der Waals surface area contributed by atoms with E-state index in [0.717, 1.165) is 22.2 Å². The molecule has 112 valence electrons. The summed E-state index contributed by atoms with van der Waals surface area (Å²) in [5.41, 5.74) is 14.3. The third-order valence-electron chi connectivity index (χ3n) is 3.31. The number of aromatic nitrogens is 2. The first-order chi connectivity index (χ1) is 11.0. The maximum Gasteiger partial charge on any atom is 0.141 e. The topological polar surface area (TPSA) is 128 Å². The summed E-state index contributed by atoms with van der Waals surface area (Å²) in [5, 5.41) is 15.8. The van der Waals surface area contributed by atoms with Gasteiger partial charge in [-0.15, -0.1) is 0 Å². The number of aromatic amines is 1. The van der Waals surface area contributed by atoms with Gasteiger partial charge in [0.1, 0.15) is 17.4 Å². The molecule has 0 radical (unpaired) electrons. The van der Waals surface area contributed by atoms with E-state index in [1.54, 1.807) is 24.4 Å². The fraction of sp³-hybridized carbons (Fsp3) is 0. The van der Waals surface area contributed by atoms with E-state index in [4.69, 9.17) is 22.3 Å².